The molecule has 162 valence electrons. The van der Waals surface area contributed by atoms with Crippen LogP contribution in [0.15, 0.2) is 12.1 Å². The van der Waals surface area contributed by atoms with Gasteiger partial charge in [-0.2, -0.15) is 0 Å². The van der Waals surface area contributed by atoms with Gasteiger partial charge in [-0.05, 0) is 56.3 Å². The van der Waals surface area contributed by atoms with Crippen LogP contribution in [0.25, 0.3) is 0 Å². The van der Waals surface area contributed by atoms with Crippen LogP contribution in [-0.4, -0.2) is 49.0 Å². The van der Waals surface area contributed by atoms with Crippen molar-refractivity contribution >= 4 is 17.3 Å². The van der Waals surface area contributed by atoms with Gasteiger partial charge in [0.05, 0.1) is 23.5 Å². The smallest absolute Gasteiger partial charge is 0.295 e. The van der Waals surface area contributed by atoms with Crippen molar-refractivity contribution in [3.8, 4) is 5.75 Å². The van der Waals surface area contributed by atoms with Crippen LogP contribution in [0.3, 0.4) is 0 Å². The molecule has 5 fully saturated rings. The second-order valence-corrected chi connectivity index (χ2v) is 9.71. The highest BCUT2D eigenvalue weighted by Crippen LogP contribution is 2.60. The molecule has 0 atom stereocenters. The average Bonchev–Trinajstić information content (AvgIpc) is 2.72. The summed E-state index contributed by atoms with van der Waals surface area (Å²) in [5, 5.41) is 11.5. The molecule has 1 saturated heterocycles. The van der Waals surface area contributed by atoms with Crippen molar-refractivity contribution in [3.05, 3.63) is 28.1 Å². The van der Waals surface area contributed by atoms with Gasteiger partial charge in [-0.1, -0.05) is 0 Å². The number of halogens is 1. The lowest BCUT2D eigenvalue weighted by Crippen LogP contribution is -2.58. The van der Waals surface area contributed by atoms with Gasteiger partial charge < -0.3 is 14.5 Å². The number of ether oxygens (including phenoxy) is 1. The van der Waals surface area contributed by atoms with Crippen LogP contribution in [-0.2, 0) is 4.79 Å². The topological polar surface area (TPSA) is 75.9 Å². The van der Waals surface area contributed by atoms with Gasteiger partial charge in [0.25, 0.3) is 5.69 Å². The maximum atomic E-state index is 14.0. The standard InChI is InChI=1S/C22H28FN3O4/c1-30-20-10-18(19(26(28)29)9-17(20)23)24-2-4-25(5-3-24)21(27)22-11-14-6-15(12-22)8-16(7-14)13-22/h9-10,14-16H,2-8,11-13H2,1H3. The van der Waals surface area contributed by atoms with Crippen molar-refractivity contribution in [2.24, 2.45) is 23.2 Å². The van der Waals surface area contributed by atoms with Crippen LogP contribution in [0.4, 0.5) is 15.8 Å². The fourth-order valence-corrected chi connectivity index (χ4v) is 6.95. The quantitative estimate of drug-likeness (QED) is 0.553. The predicted molar refractivity (Wildman–Crippen MR) is 109 cm³/mol. The second kappa shape index (κ2) is 7.10. The molecular weight excluding hydrogens is 389 g/mol. The molecule has 0 spiro atoms. The van der Waals surface area contributed by atoms with E-state index < -0.39 is 10.7 Å². The predicted octanol–water partition coefficient (Wildman–Crippen LogP) is 3.61. The Balaban J connectivity index is 1.31. The Morgan fingerprint density at radius 1 is 1.10 bits per heavy atom. The van der Waals surface area contributed by atoms with Crippen LogP contribution >= 0.6 is 0 Å². The number of hydrogen-bond donors (Lipinski definition) is 0. The Morgan fingerprint density at radius 3 is 2.17 bits per heavy atom. The van der Waals surface area contributed by atoms with E-state index in [1.54, 1.807) is 0 Å². The first kappa shape index (κ1) is 19.6. The SMILES string of the molecule is COc1cc(N2CCN(C(=O)C34CC5CC(CC(C5)C3)C4)CC2)c([N+](=O)[O-])cc1F. The Bertz CT molecular complexity index is 846. The van der Waals surface area contributed by atoms with Gasteiger partial charge in [-0.25, -0.2) is 4.39 Å². The third-order valence-electron chi connectivity index (χ3n) is 7.85. The number of nitro benzene ring substituents is 1. The molecule has 0 unspecified atom stereocenters. The van der Waals surface area contributed by atoms with Crippen molar-refractivity contribution in [1.29, 1.82) is 0 Å². The van der Waals surface area contributed by atoms with Crippen molar-refractivity contribution < 1.29 is 18.8 Å². The number of methoxy groups -OCH3 is 1. The first-order valence-electron chi connectivity index (χ1n) is 10.9. The molecule has 5 aliphatic rings. The summed E-state index contributed by atoms with van der Waals surface area (Å²) in [6.45, 7) is 2.07. The van der Waals surface area contributed by atoms with E-state index in [1.165, 1.54) is 32.4 Å². The van der Waals surface area contributed by atoms with Crippen molar-refractivity contribution in [2.75, 3.05) is 38.2 Å². The molecule has 4 aliphatic carbocycles. The number of hydrogen-bond acceptors (Lipinski definition) is 5. The lowest BCUT2D eigenvalue weighted by atomic mass is 9.49. The summed E-state index contributed by atoms with van der Waals surface area (Å²) in [6.07, 6.45) is 7.03. The summed E-state index contributed by atoms with van der Waals surface area (Å²) in [5.41, 5.74) is -0.0866. The van der Waals surface area contributed by atoms with Crippen LogP contribution in [0, 0.1) is 39.1 Å². The van der Waals surface area contributed by atoms with E-state index in [0.717, 1.165) is 43.1 Å². The highest BCUT2D eigenvalue weighted by atomic mass is 19.1. The Hall–Kier alpha value is -2.38. The van der Waals surface area contributed by atoms with E-state index in [4.69, 9.17) is 4.74 Å². The highest BCUT2D eigenvalue weighted by molar-refractivity contribution is 5.83. The maximum Gasteiger partial charge on any atom is 0.295 e. The number of amides is 1. The molecule has 1 aromatic carbocycles. The molecule has 30 heavy (non-hydrogen) atoms. The molecule has 7 nitrogen and oxygen atoms in total. The molecule has 0 radical (unpaired) electrons. The molecule has 1 amide bonds. The van der Waals surface area contributed by atoms with Crippen LogP contribution in [0.5, 0.6) is 5.75 Å². The third kappa shape index (κ3) is 3.11. The molecule has 1 aromatic rings. The summed E-state index contributed by atoms with van der Waals surface area (Å²) >= 11 is 0. The van der Waals surface area contributed by atoms with Crippen molar-refractivity contribution in [2.45, 2.75) is 38.5 Å². The van der Waals surface area contributed by atoms with E-state index in [2.05, 4.69) is 0 Å². The number of nitrogens with zero attached hydrogens (tertiary/aromatic N) is 3. The van der Waals surface area contributed by atoms with Gasteiger partial charge in [0.2, 0.25) is 5.91 Å². The van der Waals surface area contributed by atoms with Gasteiger partial charge >= 0.3 is 0 Å². The highest BCUT2D eigenvalue weighted by Gasteiger charge is 2.55. The molecule has 0 aromatic heterocycles. The van der Waals surface area contributed by atoms with Crippen molar-refractivity contribution in [1.82, 2.24) is 4.90 Å². The number of anilines is 1. The lowest BCUT2D eigenvalue weighted by molar-refractivity contribution is -0.384. The number of benzene rings is 1. The number of nitro groups is 1. The number of piperazine rings is 1. The van der Waals surface area contributed by atoms with E-state index in [0.29, 0.717) is 37.8 Å². The Labute approximate surface area is 175 Å². The normalized spacial score (nSPS) is 32.4. The molecule has 1 heterocycles. The number of rotatable bonds is 4. The number of carbonyl (C=O) groups excluding carboxylic acids is 1. The molecule has 1 aliphatic heterocycles. The molecular formula is C22H28FN3O4. The first-order chi connectivity index (χ1) is 14.4. The van der Waals surface area contributed by atoms with E-state index in [-0.39, 0.29) is 16.9 Å². The monoisotopic (exact) mass is 417 g/mol. The van der Waals surface area contributed by atoms with Gasteiger partial charge in [-0.15, -0.1) is 0 Å². The minimum absolute atomic E-state index is 0.0114. The summed E-state index contributed by atoms with van der Waals surface area (Å²) in [6, 6.07) is 2.31. The minimum Gasteiger partial charge on any atom is -0.494 e. The zero-order chi connectivity index (χ0) is 21.0. The van der Waals surface area contributed by atoms with Crippen LogP contribution in [0.2, 0.25) is 0 Å². The Kier molecular flexibility index (Phi) is 4.63. The van der Waals surface area contributed by atoms with Crippen molar-refractivity contribution in [3.63, 3.8) is 0 Å². The fraction of sp³-hybridized carbons (Fsp3) is 0.682. The van der Waals surface area contributed by atoms with Gasteiger partial charge in [0.15, 0.2) is 11.6 Å². The van der Waals surface area contributed by atoms with E-state index >= 15 is 0 Å². The molecule has 6 rings (SSSR count). The van der Waals surface area contributed by atoms with E-state index in [1.807, 2.05) is 9.80 Å². The van der Waals surface area contributed by atoms with Gasteiger partial charge in [0.1, 0.15) is 5.69 Å². The van der Waals surface area contributed by atoms with E-state index in [9.17, 15) is 19.3 Å². The minimum atomic E-state index is -0.747. The molecule has 4 saturated carbocycles. The zero-order valence-corrected chi connectivity index (χ0v) is 17.3. The van der Waals surface area contributed by atoms with Crippen LogP contribution in [0.1, 0.15) is 38.5 Å². The molecule has 0 N–H and O–H groups in total. The molecule has 8 heteroatoms. The van der Waals surface area contributed by atoms with Gasteiger partial charge in [-0.3, -0.25) is 14.9 Å². The molecule has 4 bridgehead atoms. The zero-order valence-electron chi connectivity index (χ0n) is 17.3. The summed E-state index contributed by atoms with van der Waals surface area (Å²) < 4.78 is 19.0. The van der Waals surface area contributed by atoms with Crippen LogP contribution < -0.4 is 9.64 Å². The van der Waals surface area contributed by atoms with Gasteiger partial charge in [0, 0.05) is 32.2 Å². The maximum absolute atomic E-state index is 14.0. The number of carbonyl (C=O) groups is 1. The first-order valence-corrected chi connectivity index (χ1v) is 10.9. The largest absolute Gasteiger partial charge is 0.494 e. The average molecular weight is 417 g/mol. The summed E-state index contributed by atoms with van der Waals surface area (Å²) in [4.78, 5) is 28.3. The summed E-state index contributed by atoms with van der Waals surface area (Å²) in [5.74, 6) is 1.70. The third-order valence-corrected chi connectivity index (χ3v) is 7.85. The summed E-state index contributed by atoms with van der Waals surface area (Å²) in [7, 11) is 1.34. The lowest BCUT2D eigenvalue weighted by Gasteiger charge is -2.57. The Morgan fingerprint density at radius 2 is 1.67 bits per heavy atom. The fourth-order valence-electron chi connectivity index (χ4n) is 6.95. The second-order valence-electron chi connectivity index (χ2n) is 9.71.